The Hall–Kier alpha value is -0.660. The molecule has 3 atom stereocenters. The van der Waals surface area contributed by atoms with Gasteiger partial charge in [0, 0.05) is 20.2 Å². The highest BCUT2D eigenvalue weighted by atomic mass is 32.2. The number of aliphatic carboxylic acids is 1. The lowest BCUT2D eigenvalue weighted by Gasteiger charge is -2.34. The Kier molecular flexibility index (Phi) is 6.62. The van der Waals surface area contributed by atoms with Crippen molar-refractivity contribution in [3.63, 3.8) is 0 Å². The SMILES string of the molecule is COC(CC(C)C)CS(=O)(=O)N1CC(C)CC(C(=O)O)C1. The molecular weight excluding hydrogens is 294 g/mol. The van der Waals surface area contributed by atoms with Gasteiger partial charge >= 0.3 is 5.97 Å². The molecular formula is C14H27NO5S. The van der Waals surface area contributed by atoms with E-state index in [0.29, 0.717) is 25.3 Å². The zero-order valence-corrected chi connectivity index (χ0v) is 14.1. The predicted molar refractivity (Wildman–Crippen MR) is 80.5 cm³/mol. The molecule has 21 heavy (non-hydrogen) atoms. The smallest absolute Gasteiger partial charge is 0.307 e. The maximum absolute atomic E-state index is 12.5. The van der Waals surface area contributed by atoms with Gasteiger partial charge in [0.1, 0.15) is 0 Å². The molecule has 0 aromatic carbocycles. The van der Waals surface area contributed by atoms with Gasteiger partial charge < -0.3 is 9.84 Å². The Morgan fingerprint density at radius 3 is 2.48 bits per heavy atom. The first kappa shape index (κ1) is 18.4. The molecule has 0 saturated carbocycles. The molecule has 7 heteroatoms. The molecule has 1 aliphatic rings. The average Bonchev–Trinajstić information content (AvgIpc) is 2.36. The number of hydrogen-bond donors (Lipinski definition) is 1. The number of ether oxygens (including phenoxy) is 1. The number of carboxylic acids is 1. The minimum atomic E-state index is -3.49. The Labute approximate surface area is 127 Å². The average molecular weight is 321 g/mol. The van der Waals surface area contributed by atoms with E-state index in [1.807, 2.05) is 20.8 Å². The van der Waals surface area contributed by atoms with Gasteiger partial charge in [0.25, 0.3) is 0 Å². The third-order valence-electron chi connectivity index (χ3n) is 3.83. The first-order chi connectivity index (χ1) is 9.65. The van der Waals surface area contributed by atoms with Gasteiger partial charge in [-0.15, -0.1) is 0 Å². The van der Waals surface area contributed by atoms with Crippen LogP contribution in [-0.4, -0.2) is 55.9 Å². The maximum Gasteiger partial charge on any atom is 0.307 e. The van der Waals surface area contributed by atoms with Crippen molar-refractivity contribution in [3.8, 4) is 0 Å². The van der Waals surface area contributed by atoms with E-state index >= 15 is 0 Å². The molecule has 3 unspecified atom stereocenters. The Bertz CT molecular complexity index is 448. The minimum Gasteiger partial charge on any atom is -0.481 e. The molecule has 0 aromatic rings. The summed E-state index contributed by atoms with van der Waals surface area (Å²) in [6.45, 7) is 6.38. The van der Waals surface area contributed by atoms with Gasteiger partial charge in [0.15, 0.2) is 0 Å². The third-order valence-corrected chi connectivity index (χ3v) is 5.71. The summed E-state index contributed by atoms with van der Waals surface area (Å²) in [6.07, 6.45) is 0.846. The lowest BCUT2D eigenvalue weighted by molar-refractivity contribution is -0.143. The van der Waals surface area contributed by atoms with E-state index in [4.69, 9.17) is 9.84 Å². The second-order valence-corrected chi connectivity index (χ2v) is 8.47. The Morgan fingerprint density at radius 2 is 2.00 bits per heavy atom. The molecule has 0 aliphatic carbocycles. The number of piperidine rings is 1. The molecule has 1 N–H and O–H groups in total. The van der Waals surface area contributed by atoms with Crippen LogP contribution in [0.1, 0.15) is 33.6 Å². The first-order valence-corrected chi connectivity index (χ1v) is 9.00. The van der Waals surface area contributed by atoms with Gasteiger partial charge in [0.2, 0.25) is 10.0 Å². The van der Waals surface area contributed by atoms with Crippen molar-refractivity contribution in [2.24, 2.45) is 17.8 Å². The number of hydrogen-bond acceptors (Lipinski definition) is 4. The molecule has 1 rings (SSSR count). The van der Waals surface area contributed by atoms with Crippen molar-refractivity contribution in [3.05, 3.63) is 0 Å². The largest absolute Gasteiger partial charge is 0.481 e. The Balaban J connectivity index is 2.78. The molecule has 0 aromatic heterocycles. The lowest BCUT2D eigenvalue weighted by atomic mass is 9.92. The first-order valence-electron chi connectivity index (χ1n) is 7.39. The number of sulfonamides is 1. The zero-order chi connectivity index (χ0) is 16.2. The quantitative estimate of drug-likeness (QED) is 0.766. The van der Waals surface area contributed by atoms with E-state index < -0.39 is 21.9 Å². The number of methoxy groups -OCH3 is 1. The normalized spacial score (nSPS) is 26.0. The van der Waals surface area contributed by atoms with Crippen LogP contribution in [0.2, 0.25) is 0 Å². The van der Waals surface area contributed by atoms with Crippen molar-refractivity contribution >= 4 is 16.0 Å². The highest BCUT2D eigenvalue weighted by molar-refractivity contribution is 7.89. The molecule has 1 fully saturated rings. The summed E-state index contributed by atoms with van der Waals surface area (Å²) in [7, 11) is -1.98. The third kappa shape index (κ3) is 5.56. The minimum absolute atomic E-state index is 0.0562. The van der Waals surface area contributed by atoms with Crippen molar-refractivity contribution in [1.82, 2.24) is 4.31 Å². The highest BCUT2D eigenvalue weighted by Gasteiger charge is 2.36. The number of carboxylic acid groups (broad SMARTS) is 1. The van der Waals surface area contributed by atoms with E-state index in [2.05, 4.69) is 0 Å². The van der Waals surface area contributed by atoms with Crippen LogP contribution in [0, 0.1) is 17.8 Å². The topological polar surface area (TPSA) is 83.9 Å². The van der Waals surface area contributed by atoms with Gasteiger partial charge in [-0.1, -0.05) is 20.8 Å². The van der Waals surface area contributed by atoms with E-state index in [-0.39, 0.29) is 24.3 Å². The van der Waals surface area contributed by atoms with Crippen LogP contribution in [0.4, 0.5) is 0 Å². The van der Waals surface area contributed by atoms with Crippen LogP contribution >= 0.6 is 0 Å². The zero-order valence-electron chi connectivity index (χ0n) is 13.3. The van der Waals surface area contributed by atoms with Crippen LogP contribution in [-0.2, 0) is 19.6 Å². The molecule has 1 aliphatic heterocycles. The summed E-state index contributed by atoms with van der Waals surface area (Å²) in [5, 5.41) is 9.14. The van der Waals surface area contributed by atoms with E-state index in [1.165, 1.54) is 11.4 Å². The monoisotopic (exact) mass is 321 g/mol. The highest BCUT2D eigenvalue weighted by Crippen LogP contribution is 2.25. The lowest BCUT2D eigenvalue weighted by Crippen LogP contribution is -2.47. The van der Waals surface area contributed by atoms with Gasteiger partial charge in [-0.2, -0.15) is 0 Å². The summed E-state index contributed by atoms with van der Waals surface area (Å²) in [6, 6.07) is 0. The molecule has 0 radical (unpaired) electrons. The summed E-state index contributed by atoms with van der Waals surface area (Å²) in [4.78, 5) is 11.2. The van der Waals surface area contributed by atoms with Crippen LogP contribution in [0.5, 0.6) is 0 Å². The standard InChI is InChI=1S/C14H27NO5S/c1-10(2)5-13(20-4)9-21(18,19)15-7-11(3)6-12(8-15)14(16)17/h10-13H,5-9H2,1-4H3,(H,16,17). The fourth-order valence-corrected chi connectivity index (χ4v) is 4.65. The molecule has 0 amide bonds. The molecule has 6 nitrogen and oxygen atoms in total. The summed E-state index contributed by atoms with van der Waals surface area (Å²) < 4.78 is 31.6. The van der Waals surface area contributed by atoms with Crippen molar-refractivity contribution in [1.29, 1.82) is 0 Å². The van der Waals surface area contributed by atoms with E-state index in [1.54, 1.807) is 0 Å². The molecule has 0 bridgehead atoms. The van der Waals surface area contributed by atoms with E-state index in [9.17, 15) is 13.2 Å². The maximum atomic E-state index is 12.5. The summed E-state index contributed by atoms with van der Waals surface area (Å²) in [5.41, 5.74) is 0. The van der Waals surface area contributed by atoms with Crippen molar-refractivity contribution < 1.29 is 23.1 Å². The Morgan fingerprint density at radius 1 is 1.38 bits per heavy atom. The second kappa shape index (κ2) is 7.56. The fourth-order valence-electron chi connectivity index (χ4n) is 2.81. The molecule has 124 valence electrons. The molecule has 1 saturated heterocycles. The van der Waals surface area contributed by atoms with Crippen LogP contribution in [0.3, 0.4) is 0 Å². The molecule has 0 spiro atoms. The van der Waals surface area contributed by atoms with Crippen molar-refractivity contribution in [2.75, 3.05) is 26.0 Å². The van der Waals surface area contributed by atoms with E-state index in [0.717, 1.165) is 0 Å². The van der Waals surface area contributed by atoms with Gasteiger partial charge in [-0.05, 0) is 24.7 Å². The van der Waals surface area contributed by atoms with Gasteiger partial charge in [-0.3, -0.25) is 4.79 Å². The van der Waals surface area contributed by atoms with Crippen LogP contribution in [0.15, 0.2) is 0 Å². The van der Waals surface area contributed by atoms with Crippen LogP contribution < -0.4 is 0 Å². The summed E-state index contributed by atoms with van der Waals surface area (Å²) in [5.74, 6) is -1.22. The number of carbonyl (C=O) groups is 1. The van der Waals surface area contributed by atoms with Gasteiger partial charge in [-0.25, -0.2) is 12.7 Å². The van der Waals surface area contributed by atoms with Crippen LogP contribution in [0.25, 0.3) is 0 Å². The fraction of sp³-hybridized carbons (Fsp3) is 0.929. The summed E-state index contributed by atoms with van der Waals surface area (Å²) >= 11 is 0. The molecule has 1 heterocycles. The second-order valence-electron chi connectivity index (χ2n) is 6.46. The number of rotatable bonds is 7. The number of nitrogens with zero attached hydrogens (tertiary/aromatic N) is 1. The van der Waals surface area contributed by atoms with Gasteiger partial charge in [0.05, 0.1) is 17.8 Å². The predicted octanol–water partition coefficient (Wildman–Crippen LogP) is 1.42. The van der Waals surface area contributed by atoms with Crippen molar-refractivity contribution in [2.45, 2.75) is 39.7 Å².